The van der Waals surface area contributed by atoms with Crippen molar-refractivity contribution in [3.63, 3.8) is 0 Å². The highest BCUT2D eigenvalue weighted by Crippen LogP contribution is 2.32. The molecule has 1 aromatic rings. The zero-order valence-corrected chi connectivity index (χ0v) is 13.8. The van der Waals surface area contributed by atoms with Crippen LogP contribution < -0.4 is 5.73 Å². The van der Waals surface area contributed by atoms with Crippen molar-refractivity contribution in [3.8, 4) is 0 Å². The van der Waals surface area contributed by atoms with Crippen LogP contribution in [0.3, 0.4) is 0 Å². The lowest BCUT2D eigenvalue weighted by Crippen LogP contribution is -2.46. The summed E-state index contributed by atoms with van der Waals surface area (Å²) in [6.07, 6.45) is -2.18. The predicted molar refractivity (Wildman–Crippen MR) is 85.5 cm³/mol. The smallest absolute Gasteiger partial charge is 0.341 e. The van der Waals surface area contributed by atoms with Gasteiger partial charge in [0.05, 0.1) is 11.6 Å². The van der Waals surface area contributed by atoms with Crippen LogP contribution in [0.4, 0.5) is 13.2 Å². The third kappa shape index (κ3) is 4.85. The third-order valence-corrected chi connectivity index (χ3v) is 4.27. The first kappa shape index (κ1) is 19.8. The third-order valence-electron chi connectivity index (χ3n) is 4.27. The summed E-state index contributed by atoms with van der Waals surface area (Å²) in [4.78, 5) is 13.8. The van der Waals surface area contributed by atoms with Gasteiger partial charge in [-0.25, -0.2) is 0 Å². The zero-order chi connectivity index (χ0) is 16.3. The van der Waals surface area contributed by atoms with E-state index in [1.165, 1.54) is 0 Å². The molecule has 1 heterocycles. The van der Waals surface area contributed by atoms with Gasteiger partial charge in [0.15, 0.2) is 0 Å². The quantitative estimate of drug-likeness (QED) is 0.905. The first-order valence-electron chi connectivity index (χ1n) is 7.54. The van der Waals surface area contributed by atoms with E-state index in [2.05, 4.69) is 0 Å². The number of likely N-dealkylation sites (tertiary alicyclic amines) is 1. The van der Waals surface area contributed by atoms with Crippen LogP contribution in [0.2, 0.25) is 0 Å². The zero-order valence-electron chi connectivity index (χ0n) is 13.0. The lowest BCUT2D eigenvalue weighted by molar-refractivity contribution is -0.137. The number of hydrogen-bond donors (Lipinski definition) is 1. The van der Waals surface area contributed by atoms with Gasteiger partial charge in [0, 0.05) is 13.1 Å². The standard InChI is InChI=1S/C16H21F3N2O.ClH/c1-2-14(20)15(22)21-9-7-12(8-10-21)11-3-5-13(6-4-11)16(17,18)19;/h3-6,12,14H,2,7-10,20H2,1H3;1H. The Hall–Kier alpha value is -1.27. The molecule has 2 rings (SSSR count). The summed E-state index contributed by atoms with van der Waals surface area (Å²) in [5, 5.41) is 0. The van der Waals surface area contributed by atoms with Gasteiger partial charge in [0.25, 0.3) is 0 Å². The van der Waals surface area contributed by atoms with Crippen LogP contribution in [0.25, 0.3) is 0 Å². The molecule has 2 N–H and O–H groups in total. The van der Waals surface area contributed by atoms with Crippen LogP contribution >= 0.6 is 12.4 Å². The second-order valence-corrected chi connectivity index (χ2v) is 5.73. The monoisotopic (exact) mass is 350 g/mol. The summed E-state index contributed by atoms with van der Waals surface area (Å²) in [6.45, 7) is 3.09. The molecule has 1 fully saturated rings. The maximum absolute atomic E-state index is 12.6. The fraction of sp³-hybridized carbons (Fsp3) is 0.562. The first-order chi connectivity index (χ1) is 10.3. The molecule has 1 unspecified atom stereocenters. The normalized spacial score (nSPS) is 17.5. The number of carbonyl (C=O) groups excluding carboxylic acids is 1. The molecule has 1 aromatic carbocycles. The van der Waals surface area contributed by atoms with Gasteiger partial charge < -0.3 is 10.6 Å². The van der Waals surface area contributed by atoms with E-state index in [1.807, 2.05) is 6.92 Å². The van der Waals surface area contributed by atoms with Crippen molar-refractivity contribution >= 4 is 18.3 Å². The predicted octanol–water partition coefficient (Wildman–Crippen LogP) is 3.57. The minimum absolute atomic E-state index is 0. The number of hydrogen-bond acceptors (Lipinski definition) is 2. The molecule has 3 nitrogen and oxygen atoms in total. The number of rotatable bonds is 3. The highest BCUT2D eigenvalue weighted by atomic mass is 35.5. The van der Waals surface area contributed by atoms with Crippen LogP contribution in [0.15, 0.2) is 24.3 Å². The number of carbonyl (C=O) groups is 1. The SMILES string of the molecule is CCC(N)C(=O)N1CCC(c2ccc(C(F)(F)F)cc2)CC1.Cl. The van der Waals surface area contributed by atoms with E-state index in [1.54, 1.807) is 17.0 Å². The average Bonchev–Trinajstić information content (AvgIpc) is 2.53. The highest BCUT2D eigenvalue weighted by Gasteiger charge is 2.31. The Balaban J connectivity index is 0.00000264. The van der Waals surface area contributed by atoms with Gasteiger partial charge in [-0.15, -0.1) is 12.4 Å². The van der Waals surface area contributed by atoms with Gasteiger partial charge in [-0.05, 0) is 42.9 Å². The number of benzene rings is 1. The topological polar surface area (TPSA) is 46.3 Å². The van der Waals surface area contributed by atoms with Crippen LogP contribution in [0.1, 0.15) is 43.2 Å². The van der Waals surface area contributed by atoms with Gasteiger partial charge in [0.2, 0.25) is 5.91 Å². The Bertz CT molecular complexity index is 511. The summed E-state index contributed by atoms with van der Waals surface area (Å²) < 4.78 is 37.7. The van der Waals surface area contributed by atoms with Crippen molar-refractivity contribution < 1.29 is 18.0 Å². The lowest BCUT2D eigenvalue weighted by atomic mass is 9.88. The number of alkyl halides is 3. The minimum atomic E-state index is -4.30. The highest BCUT2D eigenvalue weighted by molar-refractivity contribution is 5.85. The van der Waals surface area contributed by atoms with E-state index in [0.717, 1.165) is 30.5 Å². The Morgan fingerprint density at radius 3 is 2.22 bits per heavy atom. The lowest BCUT2D eigenvalue weighted by Gasteiger charge is -2.33. The van der Waals surface area contributed by atoms with Crippen molar-refractivity contribution in [2.75, 3.05) is 13.1 Å². The molecule has 130 valence electrons. The molecule has 0 spiro atoms. The van der Waals surface area contributed by atoms with E-state index < -0.39 is 17.8 Å². The Labute approximate surface area is 140 Å². The van der Waals surface area contributed by atoms with E-state index in [9.17, 15) is 18.0 Å². The summed E-state index contributed by atoms with van der Waals surface area (Å²) in [5.41, 5.74) is 6.03. The number of halogens is 4. The summed E-state index contributed by atoms with van der Waals surface area (Å²) in [7, 11) is 0. The van der Waals surface area contributed by atoms with Crippen molar-refractivity contribution in [1.29, 1.82) is 0 Å². The molecule has 1 amide bonds. The fourth-order valence-corrected chi connectivity index (χ4v) is 2.79. The number of piperidine rings is 1. The van der Waals surface area contributed by atoms with Crippen molar-refractivity contribution in [2.24, 2.45) is 5.73 Å². The van der Waals surface area contributed by atoms with E-state index >= 15 is 0 Å². The number of nitrogens with two attached hydrogens (primary N) is 1. The summed E-state index contributed by atoms with van der Waals surface area (Å²) >= 11 is 0. The van der Waals surface area contributed by atoms with Crippen LogP contribution in [0, 0.1) is 0 Å². The molecule has 0 aliphatic carbocycles. The molecule has 1 atom stereocenters. The Morgan fingerprint density at radius 1 is 1.26 bits per heavy atom. The van der Waals surface area contributed by atoms with Crippen molar-refractivity contribution in [1.82, 2.24) is 4.90 Å². The second kappa shape index (κ2) is 8.02. The van der Waals surface area contributed by atoms with Crippen molar-refractivity contribution in [3.05, 3.63) is 35.4 Å². The molecule has 0 bridgehead atoms. The maximum Gasteiger partial charge on any atom is 0.416 e. The molecule has 1 aliphatic heterocycles. The molecule has 0 saturated carbocycles. The molecule has 23 heavy (non-hydrogen) atoms. The number of nitrogens with zero attached hydrogens (tertiary/aromatic N) is 1. The van der Waals surface area contributed by atoms with E-state index in [-0.39, 0.29) is 24.2 Å². The molecular formula is C16H22ClF3N2O. The van der Waals surface area contributed by atoms with Crippen LogP contribution in [-0.2, 0) is 11.0 Å². The summed E-state index contributed by atoms with van der Waals surface area (Å²) in [5.74, 6) is 0.164. The van der Waals surface area contributed by atoms with Gasteiger partial charge in [-0.3, -0.25) is 4.79 Å². The molecule has 0 radical (unpaired) electrons. The second-order valence-electron chi connectivity index (χ2n) is 5.73. The van der Waals surface area contributed by atoms with E-state index in [4.69, 9.17) is 5.73 Å². The summed E-state index contributed by atoms with van der Waals surface area (Å²) in [6, 6.07) is 4.88. The molecule has 7 heteroatoms. The van der Waals surface area contributed by atoms with Crippen LogP contribution in [-0.4, -0.2) is 29.9 Å². The van der Waals surface area contributed by atoms with Gasteiger partial charge >= 0.3 is 6.18 Å². The average molecular weight is 351 g/mol. The van der Waals surface area contributed by atoms with Gasteiger partial charge in [-0.2, -0.15) is 13.2 Å². The van der Waals surface area contributed by atoms with E-state index in [0.29, 0.717) is 19.5 Å². The van der Waals surface area contributed by atoms with Gasteiger partial charge in [0.1, 0.15) is 0 Å². The number of amides is 1. The first-order valence-corrected chi connectivity index (χ1v) is 7.54. The molecule has 0 aromatic heterocycles. The Kier molecular flexibility index (Phi) is 6.89. The molecule has 1 saturated heterocycles. The van der Waals surface area contributed by atoms with Gasteiger partial charge in [-0.1, -0.05) is 19.1 Å². The fourth-order valence-electron chi connectivity index (χ4n) is 2.79. The van der Waals surface area contributed by atoms with Crippen LogP contribution in [0.5, 0.6) is 0 Å². The maximum atomic E-state index is 12.6. The largest absolute Gasteiger partial charge is 0.416 e. The Morgan fingerprint density at radius 2 is 1.78 bits per heavy atom. The minimum Gasteiger partial charge on any atom is -0.341 e. The van der Waals surface area contributed by atoms with Crippen molar-refractivity contribution in [2.45, 2.75) is 44.3 Å². The molecule has 1 aliphatic rings. The molecular weight excluding hydrogens is 329 g/mol.